The van der Waals surface area contributed by atoms with Gasteiger partial charge in [0.1, 0.15) is 11.5 Å². The van der Waals surface area contributed by atoms with Crippen LogP contribution in [0, 0.1) is 0 Å². The number of unbranched alkanes of at least 4 members (excludes halogenated alkanes) is 2. The fourth-order valence-electron chi connectivity index (χ4n) is 1.58. The van der Waals surface area contributed by atoms with Crippen molar-refractivity contribution in [3.8, 4) is 0 Å². The van der Waals surface area contributed by atoms with Crippen LogP contribution in [-0.2, 0) is 6.42 Å². The molecule has 0 unspecified atom stereocenters. The highest BCUT2D eigenvalue weighted by atomic mass is 35.5. The lowest BCUT2D eigenvalue weighted by atomic mass is 10.2. The molecule has 0 aromatic carbocycles. The molecule has 0 aliphatic heterocycles. The Morgan fingerprint density at radius 2 is 2.06 bits per heavy atom. The van der Waals surface area contributed by atoms with Crippen molar-refractivity contribution < 1.29 is 5.11 Å². The number of hydrogen-bond acceptors (Lipinski definition) is 5. The molecule has 1 aromatic heterocycles. The Morgan fingerprint density at radius 1 is 1.28 bits per heavy atom. The highest BCUT2D eigenvalue weighted by Gasteiger charge is 2.09. The van der Waals surface area contributed by atoms with Crippen LogP contribution in [0.25, 0.3) is 0 Å². The van der Waals surface area contributed by atoms with Crippen LogP contribution in [0.4, 0.5) is 11.5 Å². The van der Waals surface area contributed by atoms with Crippen molar-refractivity contribution in [2.75, 3.05) is 24.2 Å². The second-order valence-corrected chi connectivity index (χ2v) is 4.51. The van der Waals surface area contributed by atoms with Gasteiger partial charge in [-0.3, -0.25) is 0 Å². The van der Waals surface area contributed by atoms with Gasteiger partial charge in [0.25, 0.3) is 0 Å². The maximum absolute atomic E-state index is 8.68. The van der Waals surface area contributed by atoms with Crippen LogP contribution in [0.5, 0.6) is 0 Å². The predicted octanol–water partition coefficient (Wildman–Crippen LogP) is 2.24. The average molecular weight is 273 g/mol. The number of halogens is 1. The molecule has 0 aliphatic rings. The first-order valence-electron chi connectivity index (χ1n) is 6.35. The Bertz CT molecular complexity index is 373. The lowest BCUT2D eigenvalue weighted by Crippen LogP contribution is -2.10. The molecule has 4 N–H and O–H groups in total. The van der Waals surface area contributed by atoms with Crippen LogP contribution >= 0.6 is 11.6 Å². The first-order chi connectivity index (χ1) is 8.69. The van der Waals surface area contributed by atoms with E-state index in [0.29, 0.717) is 16.7 Å². The topological polar surface area (TPSA) is 84.1 Å². The van der Waals surface area contributed by atoms with E-state index in [1.165, 1.54) is 0 Å². The molecule has 0 amide bonds. The smallest absolute Gasteiger partial charge is 0.157 e. The molecular weight excluding hydrogens is 252 g/mol. The van der Waals surface area contributed by atoms with Gasteiger partial charge in [-0.25, -0.2) is 9.97 Å². The van der Waals surface area contributed by atoms with Crippen LogP contribution in [-0.4, -0.2) is 28.2 Å². The van der Waals surface area contributed by atoms with Gasteiger partial charge in [0.2, 0.25) is 0 Å². The largest absolute Gasteiger partial charge is 0.396 e. The molecule has 102 valence electrons. The van der Waals surface area contributed by atoms with Crippen LogP contribution in [0.3, 0.4) is 0 Å². The third-order valence-corrected chi connectivity index (χ3v) is 2.83. The molecule has 1 heterocycles. The fraction of sp³-hybridized carbons (Fsp3) is 0.667. The van der Waals surface area contributed by atoms with Crippen LogP contribution in [0.1, 0.15) is 38.4 Å². The van der Waals surface area contributed by atoms with Crippen LogP contribution < -0.4 is 11.1 Å². The van der Waals surface area contributed by atoms with Gasteiger partial charge in [-0.05, 0) is 25.7 Å². The summed E-state index contributed by atoms with van der Waals surface area (Å²) in [5, 5.41) is 12.2. The molecule has 0 radical (unpaired) electrons. The maximum atomic E-state index is 8.68. The lowest BCUT2D eigenvalue weighted by Gasteiger charge is -2.10. The van der Waals surface area contributed by atoms with Crippen LogP contribution in [0.2, 0.25) is 5.15 Å². The van der Waals surface area contributed by atoms with Crippen molar-refractivity contribution in [3.63, 3.8) is 0 Å². The molecule has 0 saturated carbocycles. The average Bonchev–Trinajstić information content (AvgIpc) is 2.35. The van der Waals surface area contributed by atoms with Gasteiger partial charge in [-0.2, -0.15) is 0 Å². The zero-order chi connectivity index (χ0) is 13.4. The molecule has 0 bridgehead atoms. The quantitative estimate of drug-likeness (QED) is 0.499. The van der Waals surface area contributed by atoms with E-state index in [2.05, 4.69) is 22.2 Å². The first kappa shape index (κ1) is 15.0. The van der Waals surface area contributed by atoms with E-state index in [1.54, 1.807) is 0 Å². The minimum Gasteiger partial charge on any atom is -0.396 e. The Hall–Kier alpha value is -1.07. The van der Waals surface area contributed by atoms with Gasteiger partial charge in [0.15, 0.2) is 11.0 Å². The van der Waals surface area contributed by atoms with Gasteiger partial charge in [-0.15, -0.1) is 0 Å². The monoisotopic (exact) mass is 272 g/mol. The third-order valence-electron chi connectivity index (χ3n) is 2.55. The molecule has 18 heavy (non-hydrogen) atoms. The van der Waals surface area contributed by atoms with Crippen molar-refractivity contribution in [2.45, 2.75) is 39.0 Å². The normalized spacial score (nSPS) is 10.6. The zero-order valence-corrected chi connectivity index (χ0v) is 11.5. The predicted molar refractivity (Wildman–Crippen MR) is 74.9 cm³/mol. The van der Waals surface area contributed by atoms with E-state index >= 15 is 0 Å². The van der Waals surface area contributed by atoms with Gasteiger partial charge in [0.05, 0.1) is 0 Å². The summed E-state index contributed by atoms with van der Waals surface area (Å²) in [6.07, 6.45) is 4.52. The molecule has 0 aliphatic carbocycles. The summed E-state index contributed by atoms with van der Waals surface area (Å²) in [5.41, 5.74) is 6.23. The molecule has 0 fully saturated rings. The maximum Gasteiger partial charge on any atom is 0.157 e. The summed E-state index contributed by atoms with van der Waals surface area (Å²) in [5.74, 6) is 1.33. The second-order valence-electron chi connectivity index (χ2n) is 4.15. The number of hydrogen-bond donors (Lipinski definition) is 3. The highest BCUT2D eigenvalue weighted by Crippen LogP contribution is 2.24. The number of nitrogen functional groups attached to an aromatic ring is 1. The number of rotatable bonds is 8. The molecular formula is C12H21ClN4O. The Balaban J connectivity index is 2.57. The fourth-order valence-corrected chi connectivity index (χ4v) is 1.76. The SMILES string of the molecule is CCCc1nc(Cl)c(N)c(NCCCCCO)n1. The number of anilines is 2. The molecule has 0 saturated heterocycles. The van der Waals surface area contributed by atoms with E-state index < -0.39 is 0 Å². The van der Waals surface area contributed by atoms with Crippen molar-refractivity contribution in [3.05, 3.63) is 11.0 Å². The highest BCUT2D eigenvalue weighted by molar-refractivity contribution is 6.32. The van der Waals surface area contributed by atoms with Crippen molar-refractivity contribution in [1.29, 1.82) is 0 Å². The van der Waals surface area contributed by atoms with Gasteiger partial charge in [-0.1, -0.05) is 18.5 Å². The summed E-state index contributed by atoms with van der Waals surface area (Å²) in [6.45, 7) is 3.07. The molecule has 6 heteroatoms. The van der Waals surface area contributed by atoms with E-state index in [0.717, 1.165) is 44.5 Å². The molecule has 5 nitrogen and oxygen atoms in total. The summed E-state index contributed by atoms with van der Waals surface area (Å²) in [4.78, 5) is 8.50. The van der Waals surface area contributed by atoms with E-state index in [4.69, 9.17) is 22.4 Å². The number of aliphatic hydroxyl groups excluding tert-OH is 1. The van der Waals surface area contributed by atoms with Crippen molar-refractivity contribution >= 4 is 23.1 Å². The van der Waals surface area contributed by atoms with Crippen LogP contribution in [0.15, 0.2) is 0 Å². The van der Waals surface area contributed by atoms with Gasteiger partial charge < -0.3 is 16.2 Å². The number of nitrogens with two attached hydrogens (primary N) is 1. The number of nitrogens with zero attached hydrogens (tertiary/aromatic N) is 2. The second kappa shape index (κ2) is 8.11. The number of aromatic nitrogens is 2. The summed E-state index contributed by atoms with van der Waals surface area (Å²) in [7, 11) is 0. The minimum absolute atomic E-state index is 0.238. The summed E-state index contributed by atoms with van der Waals surface area (Å²) in [6, 6.07) is 0. The number of aryl methyl sites for hydroxylation is 1. The van der Waals surface area contributed by atoms with E-state index in [9.17, 15) is 0 Å². The van der Waals surface area contributed by atoms with Gasteiger partial charge >= 0.3 is 0 Å². The number of nitrogens with one attached hydrogen (secondary N) is 1. The van der Waals surface area contributed by atoms with E-state index in [1.807, 2.05) is 0 Å². The summed E-state index contributed by atoms with van der Waals surface area (Å²) < 4.78 is 0. The standard InChI is InChI=1S/C12H21ClN4O/c1-2-6-9-16-11(13)10(14)12(17-9)15-7-4-3-5-8-18/h18H,2-8,14H2,1H3,(H,15,16,17). The third kappa shape index (κ3) is 4.66. The lowest BCUT2D eigenvalue weighted by molar-refractivity contribution is 0.283. The molecule has 0 spiro atoms. The molecule has 1 rings (SSSR count). The van der Waals surface area contributed by atoms with Gasteiger partial charge in [0, 0.05) is 19.6 Å². The Labute approximate surface area is 113 Å². The van der Waals surface area contributed by atoms with Crippen molar-refractivity contribution in [1.82, 2.24) is 9.97 Å². The minimum atomic E-state index is 0.238. The number of aliphatic hydroxyl groups is 1. The summed E-state index contributed by atoms with van der Waals surface area (Å²) >= 11 is 5.97. The zero-order valence-electron chi connectivity index (χ0n) is 10.7. The Morgan fingerprint density at radius 3 is 2.72 bits per heavy atom. The first-order valence-corrected chi connectivity index (χ1v) is 6.73. The van der Waals surface area contributed by atoms with Crippen molar-refractivity contribution in [2.24, 2.45) is 0 Å². The molecule has 0 atom stereocenters. The van der Waals surface area contributed by atoms with E-state index in [-0.39, 0.29) is 6.61 Å². The molecule has 1 aromatic rings. The Kier molecular flexibility index (Phi) is 6.75.